The molecule has 16 heavy (non-hydrogen) atoms. The van der Waals surface area contributed by atoms with Crippen LogP contribution in [0.1, 0.15) is 32.6 Å². The number of amides is 1. The molecule has 1 aliphatic heterocycles. The first kappa shape index (κ1) is 13.4. The van der Waals surface area contributed by atoms with Gasteiger partial charge in [0.2, 0.25) is 5.91 Å². The van der Waals surface area contributed by atoms with Gasteiger partial charge in [0.1, 0.15) is 0 Å². The Bertz CT molecular complexity index is 254. The zero-order valence-electron chi connectivity index (χ0n) is 9.95. The number of nitriles is 1. The van der Waals surface area contributed by atoms with E-state index in [1.807, 2.05) is 4.90 Å². The maximum absolute atomic E-state index is 11.8. The average molecular weight is 240 g/mol. The monoisotopic (exact) mass is 240 g/mol. The number of nitrogens with zero attached hydrogens (tertiary/aromatic N) is 2. The molecule has 0 aromatic rings. The molecule has 0 unspecified atom stereocenters. The van der Waals surface area contributed by atoms with Crippen LogP contribution >= 0.6 is 11.8 Å². The van der Waals surface area contributed by atoms with Gasteiger partial charge in [-0.2, -0.15) is 17.0 Å². The highest BCUT2D eigenvalue weighted by atomic mass is 32.2. The molecule has 1 heterocycles. The van der Waals surface area contributed by atoms with Crippen LogP contribution in [0.5, 0.6) is 0 Å². The van der Waals surface area contributed by atoms with E-state index >= 15 is 0 Å². The Hall–Kier alpha value is -0.690. The fourth-order valence-electron chi connectivity index (χ4n) is 1.76. The molecule has 1 fully saturated rings. The summed E-state index contributed by atoms with van der Waals surface area (Å²) in [6, 6.07) is 2.12. The smallest absolute Gasteiger partial charge is 0.232 e. The topological polar surface area (TPSA) is 44.1 Å². The van der Waals surface area contributed by atoms with E-state index in [1.165, 1.54) is 0 Å². The lowest BCUT2D eigenvalue weighted by Crippen LogP contribution is -2.38. The second kappa shape index (κ2) is 7.56. The molecular formula is C12H20N2OS. The zero-order chi connectivity index (χ0) is 11.8. The number of hydrogen-bond donors (Lipinski definition) is 0. The van der Waals surface area contributed by atoms with Crippen molar-refractivity contribution in [2.45, 2.75) is 32.6 Å². The van der Waals surface area contributed by atoms with Crippen molar-refractivity contribution in [1.82, 2.24) is 4.90 Å². The number of likely N-dealkylation sites (tertiary alicyclic amines) is 1. The van der Waals surface area contributed by atoms with E-state index in [4.69, 9.17) is 5.26 Å². The highest BCUT2D eigenvalue weighted by Crippen LogP contribution is 2.17. The van der Waals surface area contributed by atoms with Crippen LogP contribution in [0, 0.1) is 17.2 Å². The van der Waals surface area contributed by atoms with Gasteiger partial charge in [0.05, 0.1) is 11.8 Å². The fraction of sp³-hybridized carbons (Fsp3) is 0.833. The van der Waals surface area contributed by atoms with E-state index in [-0.39, 0.29) is 5.91 Å². The van der Waals surface area contributed by atoms with Gasteiger partial charge >= 0.3 is 0 Å². The van der Waals surface area contributed by atoms with Gasteiger partial charge in [-0.1, -0.05) is 6.92 Å². The largest absolute Gasteiger partial charge is 0.342 e. The maximum atomic E-state index is 11.8. The molecule has 0 radical (unpaired) electrons. The molecule has 1 amide bonds. The van der Waals surface area contributed by atoms with Crippen molar-refractivity contribution in [2.24, 2.45) is 5.92 Å². The average Bonchev–Trinajstić information content (AvgIpc) is 2.29. The van der Waals surface area contributed by atoms with Crippen molar-refractivity contribution in [2.75, 3.05) is 24.6 Å². The minimum absolute atomic E-state index is 0.272. The molecule has 90 valence electrons. The summed E-state index contributed by atoms with van der Waals surface area (Å²) in [5.41, 5.74) is 0. The molecule has 0 bridgehead atoms. The summed E-state index contributed by atoms with van der Waals surface area (Å²) in [4.78, 5) is 13.8. The molecule has 0 spiro atoms. The molecule has 1 aliphatic rings. The Kier molecular flexibility index (Phi) is 6.32. The Labute approximate surface area is 102 Å². The van der Waals surface area contributed by atoms with Gasteiger partial charge in [0, 0.05) is 19.5 Å². The first-order chi connectivity index (χ1) is 7.74. The maximum Gasteiger partial charge on any atom is 0.232 e. The second-order valence-corrected chi connectivity index (χ2v) is 5.48. The van der Waals surface area contributed by atoms with Gasteiger partial charge in [0.15, 0.2) is 0 Å². The molecule has 0 N–H and O–H groups in total. The van der Waals surface area contributed by atoms with Crippen LogP contribution in [0.2, 0.25) is 0 Å². The van der Waals surface area contributed by atoms with E-state index in [9.17, 15) is 4.79 Å². The van der Waals surface area contributed by atoms with E-state index in [0.29, 0.717) is 12.2 Å². The first-order valence-electron chi connectivity index (χ1n) is 5.96. The van der Waals surface area contributed by atoms with E-state index in [0.717, 1.165) is 44.0 Å². The number of thioether (sulfide) groups is 1. The lowest BCUT2D eigenvalue weighted by atomic mass is 9.99. The number of rotatable bonds is 5. The molecule has 0 aliphatic carbocycles. The standard InChI is InChI=1S/C12H20N2OS/c1-11-4-7-14(8-5-11)12(15)10-16-9-3-2-6-13/h11H,2-5,7-10H2,1H3. The van der Waals surface area contributed by atoms with Crippen LogP contribution in [0.3, 0.4) is 0 Å². The van der Waals surface area contributed by atoms with Crippen LogP contribution in [-0.2, 0) is 4.79 Å². The van der Waals surface area contributed by atoms with Crippen molar-refractivity contribution in [1.29, 1.82) is 5.26 Å². The highest BCUT2D eigenvalue weighted by molar-refractivity contribution is 7.99. The summed E-state index contributed by atoms with van der Waals surface area (Å²) < 4.78 is 0. The summed E-state index contributed by atoms with van der Waals surface area (Å²) in [6.07, 6.45) is 3.78. The number of unbranched alkanes of at least 4 members (excludes halogenated alkanes) is 1. The van der Waals surface area contributed by atoms with E-state index in [2.05, 4.69) is 13.0 Å². The fourth-order valence-corrected chi connectivity index (χ4v) is 2.61. The van der Waals surface area contributed by atoms with Crippen molar-refractivity contribution in [3.8, 4) is 6.07 Å². The molecule has 1 saturated heterocycles. The van der Waals surface area contributed by atoms with Crippen molar-refractivity contribution >= 4 is 17.7 Å². The van der Waals surface area contributed by atoms with Gasteiger partial charge in [-0.05, 0) is 30.9 Å². The lowest BCUT2D eigenvalue weighted by molar-refractivity contribution is -0.129. The molecule has 0 saturated carbocycles. The van der Waals surface area contributed by atoms with Gasteiger partial charge in [-0.3, -0.25) is 4.79 Å². The van der Waals surface area contributed by atoms with Gasteiger partial charge in [0.25, 0.3) is 0 Å². The number of carbonyl (C=O) groups is 1. The van der Waals surface area contributed by atoms with Crippen molar-refractivity contribution in [3.63, 3.8) is 0 Å². The third-order valence-electron chi connectivity index (χ3n) is 2.94. The van der Waals surface area contributed by atoms with Crippen LogP contribution in [0.4, 0.5) is 0 Å². The third kappa shape index (κ3) is 4.89. The summed E-state index contributed by atoms with van der Waals surface area (Å²) in [6.45, 7) is 4.11. The molecule has 1 rings (SSSR count). The number of piperidine rings is 1. The molecule has 4 heteroatoms. The molecular weight excluding hydrogens is 220 g/mol. The summed E-state index contributed by atoms with van der Waals surface area (Å²) in [7, 11) is 0. The van der Waals surface area contributed by atoms with Crippen LogP contribution in [0.25, 0.3) is 0 Å². The molecule has 0 aromatic carbocycles. The van der Waals surface area contributed by atoms with E-state index in [1.54, 1.807) is 11.8 Å². The van der Waals surface area contributed by atoms with Gasteiger partial charge in [-0.15, -0.1) is 0 Å². The first-order valence-corrected chi connectivity index (χ1v) is 7.12. The Morgan fingerprint density at radius 1 is 1.50 bits per heavy atom. The number of hydrogen-bond acceptors (Lipinski definition) is 3. The van der Waals surface area contributed by atoms with Crippen LogP contribution in [-0.4, -0.2) is 35.4 Å². The minimum atomic E-state index is 0.272. The van der Waals surface area contributed by atoms with Crippen molar-refractivity contribution in [3.05, 3.63) is 0 Å². The predicted molar refractivity (Wildman–Crippen MR) is 67.2 cm³/mol. The Morgan fingerprint density at radius 2 is 2.19 bits per heavy atom. The van der Waals surface area contributed by atoms with E-state index < -0.39 is 0 Å². The third-order valence-corrected chi connectivity index (χ3v) is 3.97. The summed E-state index contributed by atoms with van der Waals surface area (Å²) >= 11 is 1.65. The zero-order valence-corrected chi connectivity index (χ0v) is 10.8. The molecule has 3 nitrogen and oxygen atoms in total. The van der Waals surface area contributed by atoms with Gasteiger partial charge in [-0.25, -0.2) is 0 Å². The summed E-state index contributed by atoms with van der Waals surface area (Å²) in [5, 5.41) is 8.37. The Balaban J connectivity index is 2.08. The second-order valence-electron chi connectivity index (χ2n) is 4.38. The highest BCUT2D eigenvalue weighted by Gasteiger charge is 2.19. The quantitative estimate of drug-likeness (QED) is 0.692. The van der Waals surface area contributed by atoms with Crippen molar-refractivity contribution < 1.29 is 4.79 Å². The normalized spacial score (nSPS) is 17.1. The number of carbonyl (C=O) groups excluding carboxylic acids is 1. The molecule has 0 atom stereocenters. The predicted octanol–water partition coefficient (Wildman–Crippen LogP) is 2.28. The molecule has 0 aromatic heterocycles. The van der Waals surface area contributed by atoms with Crippen LogP contribution in [0.15, 0.2) is 0 Å². The SMILES string of the molecule is CC1CCN(C(=O)CSCCCC#N)CC1. The Morgan fingerprint density at radius 3 is 2.81 bits per heavy atom. The van der Waals surface area contributed by atoms with Crippen LogP contribution < -0.4 is 0 Å². The van der Waals surface area contributed by atoms with Gasteiger partial charge < -0.3 is 4.90 Å². The lowest BCUT2D eigenvalue weighted by Gasteiger charge is -2.30. The summed E-state index contributed by atoms with van der Waals surface area (Å²) in [5.74, 6) is 2.55. The minimum Gasteiger partial charge on any atom is -0.342 e.